The first-order valence-corrected chi connectivity index (χ1v) is 11.1. The van der Waals surface area contributed by atoms with Crippen molar-refractivity contribution in [3.8, 4) is 0 Å². The first kappa shape index (κ1) is 24.4. The summed E-state index contributed by atoms with van der Waals surface area (Å²) < 4.78 is 7.54. The molecule has 2 rings (SSSR count). The van der Waals surface area contributed by atoms with Crippen molar-refractivity contribution in [2.24, 2.45) is 0 Å². The normalized spacial score (nSPS) is 13.0. The van der Waals surface area contributed by atoms with E-state index in [1.54, 1.807) is 7.11 Å². The van der Waals surface area contributed by atoms with Gasteiger partial charge in [-0.1, -0.05) is 51.1 Å². The predicted molar refractivity (Wildman–Crippen MR) is 126 cm³/mol. The Balaban J connectivity index is 2.04. The lowest BCUT2D eigenvalue weighted by molar-refractivity contribution is 0.0930. The zero-order chi connectivity index (χ0) is 22.0. The fraction of sp³-hybridized carbons (Fsp3) is 0.538. The van der Waals surface area contributed by atoms with E-state index in [-0.39, 0.29) is 11.5 Å². The molecule has 1 N–H and O–H groups in total. The average Bonchev–Trinajstić information content (AvgIpc) is 3.12. The summed E-state index contributed by atoms with van der Waals surface area (Å²) in [5.74, 6) is 0. The molecule has 1 aromatic carbocycles. The standard InChI is InChI=1S/C26H40N2O2/c1-6-7-11-25(29)21-27(16-9-18-30-5)20-24-10-8-17-28(24)19-22-12-14-23(15-13-22)26(2,3)4/h6,8,10,12-15,17,25,29H,1,7,9,11,16,18-21H2,2-5H3/t25-/m0/s1. The quantitative estimate of drug-likeness (QED) is 0.372. The van der Waals surface area contributed by atoms with E-state index < -0.39 is 0 Å². The van der Waals surface area contributed by atoms with E-state index >= 15 is 0 Å². The molecule has 1 heterocycles. The van der Waals surface area contributed by atoms with Crippen molar-refractivity contribution in [1.82, 2.24) is 9.47 Å². The summed E-state index contributed by atoms with van der Waals surface area (Å²) in [6, 6.07) is 13.2. The lowest BCUT2D eigenvalue weighted by Crippen LogP contribution is -2.34. The molecule has 0 aliphatic rings. The third-order valence-corrected chi connectivity index (χ3v) is 5.48. The molecule has 166 valence electrons. The molecule has 0 spiro atoms. The second kappa shape index (κ2) is 12.1. The Morgan fingerprint density at radius 1 is 1.20 bits per heavy atom. The zero-order valence-electron chi connectivity index (χ0n) is 19.3. The summed E-state index contributed by atoms with van der Waals surface area (Å²) in [7, 11) is 1.74. The van der Waals surface area contributed by atoms with E-state index in [9.17, 15) is 5.11 Å². The first-order chi connectivity index (χ1) is 14.3. The van der Waals surface area contributed by atoms with Gasteiger partial charge in [-0.3, -0.25) is 4.90 Å². The second-order valence-corrected chi connectivity index (χ2v) is 9.18. The minimum Gasteiger partial charge on any atom is -0.392 e. The molecule has 0 fully saturated rings. The Kier molecular flexibility index (Phi) is 9.83. The maximum atomic E-state index is 10.4. The number of aliphatic hydroxyl groups excluding tert-OH is 1. The van der Waals surface area contributed by atoms with Crippen LogP contribution >= 0.6 is 0 Å². The molecule has 1 aromatic heterocycles. The molecule has 0 amide bonds. The Morgan fingerprint density at radius 2 is 1.93 bits per heavy atom. The highest BCUT2D eigenvalue weighted by atomic mass is 16.5. The lowest BCUT2D eigenvalue weighted by Gasteiger charge is -2.26. The highest BCUT2D eigenvalue weighted by Gasteiger charge is 2.15. The Bertz CT molecular complexity index is 743. The average molecular weight is 413 g/mol. The van der Waals surface area contributed by atoms with Crippen LogP contribution in [0.4, 0.5) is 0 Å². The fourth-order valence-electron chi connectivity index (χ4n) is 3.65. The van der Waals surface area contributed by atoms with Crippen LogP contribution in [0.2, 0.25) is 0 Å². The van der Waals surface area contributed by atoms with Crippen molar-refractivity contribution in [3.63, 3.8) is 0 Å². The minimum absolute atomic E-state index is 0.173. The topological polar surface area (TPSA) is 37.6 Å². The van der Waals surface area contributed by atoms with Crippen molar-refractivity contribution in [2.75, 3.05) is 26.8 Å². The van der Waals surface area contributed by atoms with Crippen LogP contribution in [0.25, 0.3) is 0 Å². The SMILES string of the molecule is C=CCC[C@H](O)CN(CCCOC)Cc1cccn1Cc1ccc(C(C)(C)C)cc1. The van der Waals surface area contributed by atoms with Gasteiger partial charge in [0.1, 0.15) is 0 Å². The smallest absolute Gasteiger partial charge is 0.0670 e. The van der Waals surface area contributed by atoms with Crippen LogP contribution in [0.1, 0.15) is 56.9 Å². The van der Waals surface area contributed by atoms with Crippen LogP contribution < -0.4 is 0 Å². The number of nitrogens with zero attached hydrogens (tertiary/aromatic N) is 2. The molecule has 2 aromatic rings. The highest BCUT2D eigenvalue weighted by molar-refractivity contribution is 5.28. The number of methoxy groups -OCH3 is 1. The van der Waals surface area contributed by atoms with Crippen LogP contribution in [0, 0.1) is 0 Å². The van der Waals surface area contributed by atoms with E-state index in [1.165, 1.54) is 16.8 Å². The number of aromatic nitrogens is 1. The van der Waals surface area contributed by atoms with Gasteiger partial charge in [0.15, 0.2) is 0 Å². The Hall–Kier alpha value is -1.88. The van der Waals surface area contributed by atoms with Crippen LogP contribution in [0.15, 0.2) is 55.3 Å². The van der Waals surface area contributed by atoms with Gasteiger partial charge < -0.3 is 14.4 Å². The van der Waals surface area contributed by atoms with Gasteiger partial charge in [0.25, 0.3) is 0 Å². The minimum atomic E-state index is -0.334. The summed E-state index contributed by atoms with van der Waals surface area (Å²) in [6.45, 7) is 14.5. The molecule has 4 heteroatoms. The number of rotatable bonds is 13. The molecule has 0 saturated carbocycles. The maximum Gasteiger partial charge on any atom is 0.0670 e. The molecule has 0 saturated heterocycles. The van der Waals surface area contributed by atoms with Crippen LogP contribution in [0.5, 0.6) is 0 Å². The number of benzene rings is 1. The molecule has 0 aliphatic carbocycles. The van der Waals surface area contributed by atoms with Crippen molar-refractivity contribution in [3.05, 3.63) is 72.1 Å². The van der Waals surface area contributed by atoms with E-state index in [1.807, 2.05) is 6.08 Å². The number of hydrogen-bond acceptors (Lipinski definition) is 3. The molecule has 4 nitrogen and oxygen atoms in total. The van der Waals surface area contributed by atoms with E-state index in [0.29, 0.717) is 6.54 Å². The van der Waals surface area contributed by atoms with Crippen molar-refractivity contribution >= 4 is 0 Å². The van der Waals surface area contributed by atoms with Gasteiger partial charge in [-0.15, -0.1) is 6.58 Å². The summed E-state index contributed by atoms with van der Waals surface area (Å²) in [5.41, 5.74) is 4.10. The monoisotopic (exact) mass is 412 g/mol. The summed E-state index contributed by atoms with van der Waals surface area (Å²) in [6.07, 6.45) is 6.24. The Labute approximate surface area is 183 Å². The van der Waals surface area contributed by atoms with Crippen LogP contribution in [0.3, 0.4) is 0 Å². The molecule has 1 atom stereocenters. The van der Waals surface area contributed by atoms with Crippen molar-refractivity contribution < 1.29 is 9.84 Å². The van der Waals surface area contributed by atoms with E-state index in [4.69, 9.17) is 4.74 Å². The fourth-order valence-corrected chi connectivity index (χ4v) is 3.65. The van der Waals surface area contributed by atoms with E-state index in [0.717, 1.165) is 45.5 Å². The highest BCUT2D eigenvalue weighted by Crippen LogP contribution is 2.22. The van der Waals surface area contributed by atoms with E-state index in [2.05, 4.69) is 79.4 Å². The van der Waals surface area contributed by atoms with Crippen molar-refractivity contribution in [2.45, 2.75) is 64.6 Å². The molecule has 0 radical (unpaired) electrons. The molecule has 0 unspecified atom stereocenters. The van der Waals surface area contributed by atoms with Crippen molar-refractivity contribution in [1.29, 1.82) is 0 Å². The van der Waals surface area contributed by atoms with Gasteiger partial charge >= 0.3 is 0 Å². The number of allylic oxidation sites excluding steroid dienone is 1. The summed E-state index contributed by atoms with van der Waals surface area (Å²) >= 11 is 0. The summed E-state index contributed by atoms with van der Waals surface area (Å²) in [5, 5.41) is 10.4. The molecular weight excluding hydrogens is 372 g/mol. The van der Waals surface area contributed by atoms with Gasteiger partial charge in [0.2, 0.25) is 0 Å². The van der Waals surface area contributed by atoms with Crippen LogP contribution in [-0.4, -0.2) is 47.5 Å². The number of hydrogen-bond donors (Lipinski definition) is 1. The molecule has 0 bridgehead atoms. The number of aliphatic hydroxyl groups is 1. The molecule has 30 heavy (non-hydrogen) atoms. The summed E-state index contributed by atoms with van der Waals surface area (Å²) in [4.78, 5) is 2.33. The van der Waals surface area contributed by atoms with Gasteiger partial charge in [-0.2, -0.15) is 0 Å². The lowest BCUT2D eigenvalue weighted by atomic mass is 9.87. The number of ether oxygens (including phenoxy) is 1. The first-order valence-electron chi connectivity index (χ1n) is 11.1. The van der Waals surface area contributed by atoms with Gasteiger partial charge in [-0.25, -0.2) is 0 Å². The maximum absolute atomic E-state index is 10.4. The van der Waals surface area contributed by atoms with Gasteiger partial charge in [-0.05, 0) is 47.9 Å². The largest absolute Gasteiger partial charge is 0.392 e. The molecule has 0 aliphatic heterocycles. The third kappa shape index (κ3) is 8.10. The third-order valence-electron chi connectivity index (χ3n) is 5.48. The van der Waals surface area contributed by atoms with Gasteiger partial charge in [0, 0.05) is 51.8 Å². The second-order valence-electron chi connectivity index (χ2n) is 9.18. The predicted octanol–water partition coefficient (Wildman–Crippen LogP) is 5.00. The molecular formula is C26H40N2O2. The van der Waals surface area contributed by atoms with Crippen LogP contribution in [-0.2, 0) is 23.2 Å². The Morgan fingerprint density at radius 3 is 2.57 bits per heavy atom. The zero-order valence-corrected chi connectivity index (χ0v) is 19.3. The van der Waals surface area contributed by atoms with Gasteiger partial charge in [0.05, 0.1) is 6.10 Å².